The topological polar surface area (TPSA) is 221 Å². The number of imide groups is 1. The Morgan fingerprint density at radius 2 is 1.86 bits per heavy atom. The maximum absolute atomic E-state index is 13.2. The zero-order chi connectivity index (χ0) is 27.4. The van der Waals surface area contributed by atoms with E-state index in [9.17, 15) is 39.0 Å². The number of carbonyl (C=O) groups is 6. The van der Waals surface area contributed by atoms with E-state index in [1.54, 1.807) is 0 Å². The molecule has 0 aromatic heterocycles. The van der Waals surface area contributed by atoms with Crippen molar-refractivity contribution in [1.29, 1.82) is 0 Å². The first-order valence-electron chi connectivity index (χ1n) is 10.6. The number of nitrogens with two attached hydrogens (primary N) is 1. The van der Waals surface area contributed by atoms with Crippen LogP contribution in [0.25, 0.3) is 0 Å². The molecule has 16 heteroatoms. The highest BCUT2D eigenvalue weighted by atomic mass is 32.2. The second-order valence-electron chi connectivity index (χ2n) is 7.85. The van der Waals surface area contributed by atoms with Gasteiger partial charge < -0.3 is 36.6 Å². The molecule has 2 aliphatic rings. The molecule has 198 valence electrons. The minimum Gasteiger partial charge on any atom is -0.508 e. The highest BCUT2D eigenvalue weighted by molar-refractivity contribution is 8.00. The number of fused-ring (bicyclic) bond motifs is 1. The van der Waals surface area contributed by atoms with Crippen molar-refractivity contribution >= 4 is 47.7 Å². The molecule has 0 spiro atoms. The number of primary amides is 1. The zero-order valence-electron chi connectivity index (χ0n) is 19.6. The molecule has 3 atom stereocenters. The lowest BCUT2D eigenvalue weighted by Gasteiger charge is -2.49. The fraction of sp³-hybridized carbons (Fsp3) is 0.333. The first kappa shape index (κ1) is 27.1. The quantitative estimate of drug-likeness (QED) is 0.239. The lowest BCUT2D eigenvalue weighted by atomic mass is 10.0. The number of urea groups is 2. The number of hydrogen-bond acceptors (Lipinski definition) is 9. The number of aliphatic carboxylic acids is 1. The average molecular weight is 537 g/mol. The number of phenolic OH excluding ortho intramolecular Hbond substituents is 1. The number of ether oxygens (including phenoxy) is 1. The molecule has 1 aromatic rings. The minimum atomic E-state index is -1.42. The third kappa shape index (κ3) is 5.69. The summed E-state index contributed by atoms with van der Waals surface area (Å²) < 4.78 is 4.67. The largest absolute Gasteiger partial charge is 0.508 e. The van der Waals surface area contributed by atoms with Gasteiger partial charge >= 0.3 is 24.1 Å². The van der Waals surface area contributed by atoms with Gasteiger partial charge in [-0.25, -0.2) is 24.1 Å². The maximum Gasteiger partial charge on any atom is 0.404 e. The van der Waals surface area contributed by atoms with Crippen LogP contribution in [0.1, 0.15) is 11.6 Å². The minimum absolute atomic E-state index is 0.0881. The van der Waals surface area contributed by atoms with Gasteiger partial charge in [0, 0.05) is 25.4 Å². The van der Waals surface area contributed by atoms with Crippen molar-refractivity contribution in [3.8, 4) is 5.75 Å². The van der Waals surface area contributed by atoms with Gasteiger partial charge in [-0.2, -0.15) is 0 Å². The highest BCUT2D eigenvalue weighted by Gasteiger charge is 2.54. The number of hydrogen-bond donors (Lipinski definition) is 6. The van der Waals surface area contributed by atoms with Crippen LogP contribution in [0.5, 0.6) is 5.75 Å². The summed E-state index contributed by atoms with van der Waals surface area (Å²) >= 11 is 1.14. The van der Waals surface area contributed by atoms with E-state index in [-0.39, 0.29) is 28.3 Å². The zero-order valence-corrected chi connectivity index (χ0v) is 20.4. The molecule has 1 saturated heterocycles. The second kappa shape index (κ2) is 11.1. The monoisotopic (exact) mass is 536 g/mol. The predicted octanol–water partition coefficient (Wildman–Crippen LogP) is -0.752. The van der Waals surface area contributed by atoms with Gasteiger partial charge in [-0.05, 0) is 17.7 Å². The molecule has 1 fully saturated rings. The van der Waals surface area contributed by atoms with E-state index < -0.39 is 60.0 Å². The molecule has 1 aromatic carbocycles. The summed E-state index contributed by atoms with van der Waals surface area (Å²) in [6.45, 7) is -0.411. The summed E-state index contributed by atoms with van der Waals surface area (Å²) in [6, 6.07) is 1.17. The molecule has 7 amide bonds. The fourth-order valence-corrected chi connectivity index (χ4v) is 4.96. The van der Waals surface area contributed by atoms with E-state index in [2.05, 4.69) is 20.7 Å². The van der Waals surface area contributed by atoms with Gasteiger partial charge in [0.1, 0.15) is 35.5 Å². The Morgan fingerprint density at radius 3 is 2.43 bits per heavy atom. The molecular weight excluding hydrogens is 512 g/mol. The number of nitrogens with zero attached hydrogens (tertiary/aromatic N) is 2. The van der Waals surface area contributed by atoms with Gasteiger partial charge in [-0.3, -0.25) is 14.5 Å². The number of nitrogens with one attached hydrogen (secondary N) is 3. The third-order valence-electron chi connectivity index (χ3n) is 5.52. The van der Waals surface area contributed by atoms with Crippen LogP contribution in [0, 0.1) is 0 Å². The van der Waals surface area contributed by atoms with Gasteiger partial charge in [0.15, 0.2) is 0 Å². The maximum atomic E-state index is 13.2. The normalized spacial score (nSPS) is 19.1. The second-order valence-corrected chi connectivity index (χ2v) is 8.95. The number of rotatable bonds is 7. The van der Waals surface area contributed by atoms with Crippen LogP contribution < -0.4 is 21.7 Å². The van der Waals surface area contributed by atoms with E-state index in [0.717, 1.165) is 16.7 Å². The molecular formula is C21H24N6O9S. The Balaban J connectivity index is 1.80. The van der Waals surface area contributed by atoms with Crippen molar-refractivity contribution in [2.75, 3.05) is 26.5 Å². The SMILES string of the molecule is CNC(=O)N(C)C(=O)NC(C(=O)NC1C(=O)N2C(C(=O)O)=C(COC(N)=O)CS[C@@H]12)c1ccc(O)cc1. The lowest BCUT2D eigenvalue weighted by molar-refractivity contribution is -0.151. The number of amides is 7. The van der Waals surface area contributed by atoms with Crippen LogP contribution in [0.4, 0.5) is 14.4 Å². The van der Waals surface area contributed by atoms with E-state index in [0.29, 0.717) is 4.90 Å². The first-order valence-corrected chi connectivity index (χ1v) is 11.7. The number of benzene rings is 1. The molecule has 0 aliphatic carbocycles. The lowest BCUT2D eigenvalue weighted by Crippen LogP contribution is -2.71. The molecule has 15 nitrogen and oxygen atoms in total. The standard InChI is InChI=1S/C21H24N6O9S/c1-23-20(34)26(2)21(35)25-12(9-3-5-11(28)6-4-9)15(29)24-13-16(30)27-14(18(31)32)10(7-36-19(22)33)8-37-17(13)27/h3-6,12-13,17,28H,7-8H2,1-2H3,(H2,22,33)(H,23,34)(H,24,29)(H,25,35)(H,31,32)/t12?,13?,17-/m0/s1. The number of carboxylic acids is 1. The Kier molecular flexibility index (Phi) is 8.11. The number of β-lactam (4-membered cyclic amide) rings is 1. The van der Waals surface area contributed by atoms with Gasteiger partial charge in [0.25, 0.3) is 5.91 Å². The van der Waals surface area contributed by atoms with Crippen LogP contribution in [0.2, 0.25) is 0 Å². The van der Waals surface area contributed by atoms with Crippen molar-refractivity contribution < 1.29 is 43.7 Å². The van der Waals surface area contributed by atoms with Crippen molar-refractivity contribution in [2.45, 2.75) is 17.5 Å². The Hall–Kier alpha value is -4.47. The van der Waals surface area contributed by atoms with Crippen LogP contribution >= 0.6 is 11.8 Å². The molecule has 2 aliphatic heterocycles. The van der Waals surface area contributed by atoms with Crippen LogP contribution in [-0.4, -0.2) is 93.8 Å². The molecule has 0 bridgehead atoms. The van der Waals surface area contributed by atoms with E-state index in [1.165, 1.54) is 38.4 Å². The van der Waals surface area contributed by atoms with E-state index in [4.69, 9.17) is 5.73 Å². The number of thioether (sulfide) groups is 1. The average Bonchev–Trinajstić information content (AvgIpc) is 2.87. The van der Waals surface area contributed by atoms with Crippen molar-refractivity contribution in [2.24, 2.45) is 5.73 Å². The molecule has 7 N–H and O–H groups in total. The number of carboxylic acid groups (broad SMARTS) is 1. The fourth-order valence-electron chi connectivity index (χ4n) is 3.64. The van der Waals surface area contributed by atoms with E-state index in [1.807, 2.05) is 0 Å². The van der Waals surface area contributed by atoms with Gasteiger partial charge in [-0.1, -0.05) is 12.1 Å². The third-order valence-corrected chi connectivity index (χ3v) is 6.86. The molecule has 37 heavy (non-hydrogen) atoms. The molecule has 0 saturated carbocycles. The predicted molar refractivity (Wildman–Crippen MR) is 127 cm³/mol. The summed E-state index contributed by atoms with van der Waals surface area (Å²) in [5, 5.41) is 25.6. The molecule has 2 heterocycles. The summed E-state index contributed by atoms with van der Waals surface area (Å²) in [5.41, 5.74) is 4.98. The molecule has 0 radical (unpaired) electrons. The van der Waals surface area contributed by atoms with Crippen molar-refractivity contribution in [3.05, 3.63) is 41.1 Å². The summed E-state index contributed by atoms with van der Waals surface area (Å²) in [7, 11) is 2.50. The molecule has 2 unspecified atom stereocenters. The smallest absolute Gasteiger partial charge is 0.404 e. The van der Waals surface area contributed by atoms with Crippen LogP contribution in [-0.2, 0) is 19.1 Å². The van der Waals surface area contributed by atoms with Crippen molar-refractivity contribution in [3.63, 3.8) is 0 Å². The van der Waals surface area contributed by atoms with Gasteiger partial charge in [-0.15, -0.1) is 11.8 Å². The van der Waals surface area contributed by atoms with Crippen molar-refractivity contribution in [1.82, 2.24) is 25.8 Å². The first-order chi connectivity index (χ1) is 17.5. The van der Waals surface area contributed by atoms with Crippen LogP contribution in [0.3, 0.4) is 0 Å². The number of aromatic hydroxyl groups is 1. The summed E-state index contributed by atoms with van der Waals surface area (Å²) in [4.78, 5) is 74.9. The Bertz CT molecular complexity index is 1170. The Labute approximate surface area is 214 Å². The number of carbonyl (C=O) groups excluding carboxylic acids is 5. The Morgan fingerprint density at radius 1 is 1.22 bits per heavy atom. The number of phenols is 1. The van der Waals surface area contributed by atoms with Gasteiger partial charge in [0.05, 0.1) is 0 Å². The summed E-state index contributed by atoms with van der Waals surface area (Å²) in [6.07, 6.45) is -1.10. The van der Waals surface area contributed by atoms with E-state index >= 15 is 0 Å². The van der Waals surface area contributed by atoms with Crippen LogP contribution in [0.15, 0.2) is 35.5 Å². The summed E-state index contributed by atoms with van der Waals surface area (Å²) in [5.74, 6) is -2.96. The molecule has 3 rings (SSSR count). The van der Waals surface area contributed by atoms with Gasteiger partial charge in [0.2, 0.25) is 5.91 Å². The highest BCUT2D eigenvalue weighted by Crippen LogP contribution is 2.40.